The summed E-state index contributed by atoms with van der Waals surface area (Å²) >= 11 is 0. The highest BCUT2D eigenvalue weighted by Gasteiger charge is 2.31. The van der Waals surface area contributed by atoms with Gasteiger partial charge in [0.05, 0.1) is 12.8 Å². The third kappa shape index (κ3) is 3.95. The zero-order chi connectivity index (χ0) is 19.4. The van der Waals surface area contributed by atoms with Crippen molar-refractivity contribution in [1.29, 1.82) is 0 Å². The lowest BCUT2D eigenvalue weighted by molar-refractivity contribution is -0.121. The van der Waals surface area contributed by atoms with Crippen LogP contribution in [0.3, 0.4) is 0 Å². The number of benzene rings is 2. The van der Waals surface area contributed by atoms with Crippen LogP contribution in [0.2, 0.25) is 0 Å². The molecule has 2 amide bonds. The number of amides is 2. The first kappa shape index (κ1) is 18.9. The van der Waals surface area contributed by atoms with Crippen LogP contribution in [0, 0.1) is 0 Å². The molecule has 3 N–H and O–H groups in total. The van der Waals surface area contributed by atoms with Crippen LogP contribution in [0.1, 0.15) is 31.7 Å². The number of rotatable bonds is 5. The van der Waals surface area contributed by atoms with E-state index in [1.165, 1.54) is 0 Å². The summed E-state index contributed by atoms with van der Waals surface area (Å²) < 4.78 is 5.41. The number of methoxy groups -OCH3 is 1. The maximum absolute atomic E-state index is 12.8. The second-order valence-electron chi connectivity index (χ2n) is 6.91. The zero-order valence-corrected chi connectivity index (χ0v) is 15.7. The summed E-state index contributed by atoms with van der Waals surface area (Å²) in [5, 5.41) is 2.87. The van der Waals surface area contributed by atoms with Gasteiger partial charge in [0.2, 0.25) is 11.8 Å². The number of ether oxygens (including phenoxy) is 1. The normalized spacial score (nSPS) is 16.6. The zero-order valence-electron chi connectivity index (χ0n) is 15.7. The standard InChI is InChI=1S/C21H25N3O3/c1-21(22,15-8-4-3-5-9-15)20(26)23-16-11-12-18(27-2)17(14-16)24-13-7-6-10-19(24)25/h3-5,8-9,11-12,14H,6-7,10,13,22H2,1-2H3,(H,23,26). The minimum atomic E-state index is -1.18. The van der Waals surface area contributed by atoms with Crippen molar-refractivity contribution < 1.29 is 14.3 Å². The van der Waals surface area contributed by atoms with Gasteiger partial charge < -0.3 is 20.7 Å². The number of piperidine rings is 1. The first-order valence-electron chi connectivity index (χ1n) is 9.08. The van der Waals surface area contributed by atoms with Crippen molar-refractivity contribution in [2.24, 2.45) is 5.73 Å². The van der Waals surface area contributed by atoms with Gasteiger partial charge in [-0.2, -0.15) is 0 Å². The third-order valence-electron chi connectivity index (χ3n) is 4.90. The summed E-state index contributed by atoms with van der Waals surface area (Å²) in [7, 11) is 1.57. The van der Waals surface area contributed by atoms with Crippen molar-refractivity contribution in [3.8, 4) is 5.75 Å². The Morgan fingerprint density at radius 2 is 1.93 bits per heavy atom. The molecular formula is C21H25N3O3. The van der Waals surface area contributed by atoms with Gasteiger partial charge in [-0.1, -0.05) is 30.3 Å². The second kappa shape index (κ2) is 7.80. The summed E-state index contributed by atoms with van der Waals surface area (Å²) in [6.07, 6.45) is 2.37. The largest absolute Gasteiger partial charge is 0.495 e. The Kier molecular flexibility index (Phi) is 5.46. The van der Waals surface area contributed by atoms with Crippen molar-refractivity contribution in [2.45, 2.75) is 31.7 Å². The predicted molar refractivity (Wildman–Crippen MR) is 106 cm³/mol. The molecule has 1 unspecified atom stereocenters. The summed E-state index contributed by atoms with van der Waals surface area (Å²) in [5.74, 6) is 0.340. The molecule has 142 valence electrons. The maximum atomic E-state index is 12.8. The molecule has 1 fully saturated rings. The van der Waals surface area contributed by atoms with Crippen LogP contribution in [0.5, 0.6) is 5.75 Å². The van der Waals surface area contributed by atoms with E-state index in [1.807, 2.05) is 30.3 Å². The number of nitrogens with two attached hydrogens (primary N) is 1. The van der Waals surface area contributed by atoms with Crippen molar-refractivity contribution in [2.75, 3.05) is 23.9 Å². The van der Waals surface area contributed by atoms with E-state index in [1.54, 1.807) is 37.1 Å². The fourth-order valence-corrected chi connectivity index (χ4v) is 3.22. The van der Waals surface area contributed by atoms with Gasteiger partial charge in [0, 0.05) is 18.7 Å². The molecule has 6 heteroatoms. The molecule has 1 saturated heterocycles. The van der Waals surface area contributed by atoms with Crippen LogP contribution >= 0.6 is 0 Å². The fraction of sp³-hybridized carbons (Fsp3) is 0.333. The fourth-order valence-electron chi connectivity index (χ4n) is 3.22. The van der Waals surface area contributed by atoms with Crippen molar-refractivity contribution in [3.63, 3.8) is 0 Å². The molecule has 0 bridgehead atoms. The number of carbonyl (C=O) groups is 2. The topological polar surface area (TPSA) is 84.7 Å². The molecule has 27 heavy (non-hydrogen) atoms. The number of anilines is 2. The SMILES string of the molecule is COc1ccc(NC(=O)C(C)(N)c2ccccc2)cc1N1CCCCC1=O. The van der Waals surface area contributed by atoms with Gasteiger partial charge in [-0.05, 0) is 43.5 Å². The molecule has 1 aliphatic heterocycles. The molecule has 2 aromatic carbocycles. The lowest BCUT2D eigenvalue weighted by Gasteiger charge is -2.29. The Bertz CT molecular complexity index is 834. The van der Waals surface area contributed by atoms with Gasteiger partial charge in [-0.25, -0.2) is 0 Å². The van der Waals surface area contributed by atoms with Gasteiger partial charge in [-0.3, -0.25) is 9.59 Å². The lowest BCUT2D eigenvalue weighted by atomic mass is 9.92. The van der Waals surface area contributed by atoms with E-state index >= 15 is 0 Å². The van der Waals surface area contributed by atoms with E-state index in [0.717, 1.165) is 18.4 Å². The van der Waals surface area contributed by atoms with Gasteiger partial charge in [-0.15, -0.1) is 0 Å². The van der Waals surface area contributed by atoms with Crippen molar-refractivity contribution in [1.82, 2.24) is 0 Å². The highest BCUT2D eigenvalue weighted by molar-refractivity contribution is 6.00. The molecule has 0 radical (unpaired) electrons. The monoisotopic (exact) mass is 367 g/mol. The number of hydrogen-bond donors (Lipinski definition) is 2. The Balaban J connectivity index is 1.86. The molecule has 1 heterocycles. The van der Waals surface area contributed by atoms with Gasteiger partial charge >= 0.3 is 0 Å². The Morgan fingerprint density at radius 3 is 2.59 bits per heavy atom. The van der Waals surface area contributed by atoms with Crippen LogP contribution in [0.4, 0.5) is 11.4 Å². The third-order valence-corrected chi connectivity index (χ3v) is 4.90. The first-order chi connectivity index (χ1) is 12.9. The molecule has 0 spiro atoms. The first-order valence-corrected chi connectivity index (χ1v) is 9.08. The second-order valence-corrected chi connectivity index (χ2v) is 6.91. The number of hydrogen-bond acceptors (Lipinski definition) is 4. The van der Waals surface area contributed by atoms with E-state index in [-0.39, 0.29) is 11.8 Å². The highest BCUT2D eigenvalue weighted by Crippen LogP contribution is 2.34. The van der Waals surface area contributed by atoms with Gasteiger partial charge in [0.25, 0.3) is 0 Å². The van der Waals surface area contributed by atoms with E-state index in [2.05, 4.69) is 5.32 Å². The van der Waals surface area contributed by atoms with E-state index in [9.17, 15) is 9.59 Å². The minimum absolute atomic E-state index is 0.0657. The highest BCUT2D eigenvalue weighted by atomic mass is 16.5. The van der Waals surface area contributed by atoms with E-state index < -0.39 is 5.54 Å². The van der Waals surface area contributed by atoms with Gasteiger partial charge in [0.1, 0.15) is 11.3 Å². The Morgan fingerprint density at radius 1 is 1.19 bits per heavy atom. The summed E-state index contributed by atoms with van der Waals surface area (Å²) in [6, 6.07) is 14.5. The Hall–Kier alpha value is -2.86. The van der Waals surface area contributed by atoms with Crippen molar-refractivity contribution in [3.05, 3.63) is 54.1 Å². The van der Waals surface area contributed by atoms with Crippen LogP contribution in [0.25, 0.3) is 0 Å². The van der Waals surface area contributed by atoms with E-state index in [0.29, 0.717) is 30.1 Å². The van der Waals surface area contributed by atoms with Crippen LogP contribution in [0.15, 0.2) is 48.5 Å². The molecule has 1 aliphatic rings. The minimum Gasteiger partial charge on any atom is -0.495 e. The molecule has 0 aromatic heterocycles. The number of carbonyl (C=O) groups excluding carboxylic acids is 2. The number of nitrogens with zero attached hydrogens (tertiary/aromatic N) is 1. The summed E-state index contributed by atoms with van der Waals surface area (Å²) in [4.78, 5) is 26.8. The summed E-state index contributed by atoms with van der Waals surface area (Å²) in [6.45, 7) is 2.32. The molecule has 0 aliphatic carbocycles. The lowest BCUT2D eigenvalue weighted by Crippen LogP contribution is -2.45. The van der Waals surface area contributed by atoms with Crippen molar-refractivity contribution >= 4 is 23.2 Å². The average molecular weight is 367 g/mol. The molecule has 6 nitrogen and oxygen atoms in total. The smallest absolute Gasteiger partial charge is 0.248 e. The van der Waals surface area contributed by atoms with Crippen LogP contribution in [-0.2, 0) is 15.1 Å². The molecular weight excluding hydrogens is 342 g/mol. The molecule has 1 atom stereocenters. The van der Waals surface area contributed by atoms with Crippen LogP contribution in [-0.4, -0.2) is 25.5 Å². The predicted octanol–water partition coefficient (Wildman–Crippen LogP) is 3.02. The summed E-state index contributed by atoms with van der Waals surface area (Å²) in [5.41, 5.74) is 7.07. The molecule has 2 aromatic rings. The van der Waals surface area contributed by atoms with Gasteiger partial charge in [0.15, 0.2) is 0 Å². The Labute approximate surface area is 159 Å². The average Bonchev–Trinajstić information content (AvgIpc) is 2.69. The quantitative estimate of drug-likeness (QED) is 0.851. The maximum Gasteiger partial charge on any atom is 0.248 e. The number of nitrogens with one attached hydrogen (secondary N) is 1. The molecule has 3 rings (SSSR count). The van der Waals surface area contributed by atoms with E-state index in [4.69, 9.17) is 10.5 Å². The van der Waals surface area contributed by atoms with Crippen LogP contribution < -0.4 is 20.7 Å². The molecule has 0 saturated carbocycles.